The molecule has 3 N–H and O–H groups in total. The fourth-order valence-corrected chi connectivity index (χ4v) is 5.32. The molecule has 7 heteroatoms. The van der Waals surface area contributed by atoms with Crippen LogP contribution >= 0.6 is 0 Å². The smallest absolute Gasteiger partial charge is 0.255 e. The Labute approximate surface area is 241 Å². The molecule has 1 fully saturated rings. The average molecular weight is 548 g/mol. The number of aromatic nitrogens is 2. The first-order valence-corrected chi connectivity index (χ1v) is 14.2. The van der Waals surface area contributed by atoms with Crippen molar-refractivity contribution in [3.8, 4) is 11.3 Å². The molecule has 0 atom stereocenters. The molecule has 1 aliphatic rings. The lowest BCUT2D eigenvalue weighted by atomic mass is 9.83. The Morgan fingerprint density at radius 1 is 0.854 bits per heavy atom. The Bertz CT molecular complexity index is 1550. The number of carbonyl (C=O) groups is 2. The van der Waals surface area contributed by atoms with Crippen LogP contribution in [0.3, 0.4) is 0 Å². The lowest BCUT2D eigenvalue weighted by Crippen LogP contribution is -2.32. The van der Waals surface area contributed by atoms with Gasteiger partial charge in [0.25, 0.3) is 11.8 Å². The summed E-state index contributed by atoms with van der Waals surface area (Å²) in [6, 6.07) is 23.0. The zero-order valence-electron chi connectivity index (χ0n) is 24.1. The monoisotopic (exact) mass is 547 g/mol. The summed E-state index contributed by atoms with van der Waals surface area (Å²) in [6.45, 7) is 8.29. The van der Waals surface area contributed by atoms with Crippen molar-refractivity contribution in [1.82, 2.24) is 15.3 Å². The first-order chi connectivity index (χ1) is 19.7. The van der Waals surface area contributed by atoms with Crippen LogP contribution in [0.15, 0.2) is 79.0 Å². The molecule has 0 unspecified atom stereocenters. The van der Waals surface area contributed by atoms with Crippen LogP contribution in [0.25, 0.3) is 11.3 Å². The highest BCUT2D eigenvalue weighted by molar-refractivity contribution is 6.06. The van der Waals surface area contributed by atoms with Gasteiger partial charge < -0.3 is 16.0 Å². The molecule has 2 amide bonds. The summed E-state index contributed by atoms with van der Waals surface area (Å²) in [5.74, 6) is 0.269. The van der Waals surface area contributed by atoms with Gasteiger partial charge >= 0.3 is 0 Å². The summed E-state index contributed by atoms with van der Waals surface area (Å²) in [7, 11) is 0. The Morgan fingerprint density at radius 3 is 2.32 bits per heavy atom. The second kappa shape index (κ2) is 11.9. The molecule has 1 aliphatic carbocycles. The first kappa shape index (κ1) is 28.0. The Balaban J connectivity index is 1.31. The van der Waals surface area contributed by atoms with Crippen molar-refractivity contribution in [2.75, 3.05) is 10.6 Å². The average Bonchev–Trinajstić information content (AvgIpc) is 3.47. The summed E-state index contributed by atoms with van der Waals surface area (Å²) in [5.41, 5.74) is 6.21. The van der Waals surface area contributed by atoms with Crippen LogP contribution in [0, 0.1) is 6.92 Å². The summed E-state index contributed by atoms with van der Waals surface area (Å²) < 4.78 is 0. The predicted octanol–water partition coefficient (Wildman–Crippen LogP) is 7.42. The summed E-state index contributed by atoms with van der Waals surface area (Å²) >= 11 is 0. The molecule has 0 bridgehead atoms. The van der Waals surface area contributed by atoms with Crippen molar-refractivity contribution in [3.05, 3.63) is 101 Å². The zero-order valence-corrected chi connectivity index (χ0v) is 24.1. The number of benzene rings is 3. The normalized spacial score (nSPS) is 13.6. The second-order valence-corrected chi connectivity index (χ2v) is 11.7. The van der Waals surface area contributed by atoms with Crippen molar-refractivity contribution < 1.29 is 9.59 Å². The third-order valence-electron chi connectivity index (χ3n) is 7.59. The van der Waals surface area contributed by atoms with Crippen LogP contribution in [-0.4, -0.2) is 27.8 Å². The predicted molar refractivity (Wildman–Crippen MR) is 165 cm³/mol. The molecule has 3 aromatic carbocycles. The van der Waals surface area contributed by atoms with Crippen molar-refractivity contribution in [3.63, 3.8) is 0 Å². The highest BCUT2D eigenvalue weighted by Gasteiger charge is 2.22. The highest BCUT2D eigenvalue weighted by Crippen LogP contribution is 2.30. The summed E-state index contributed by atoms with van der Waals surface area (Å²) in [4.78, 5) is 35.0. The van der Waals surface area contributed by atoms with Gasteiger partial charge in [-0.05, 0) is 78.8 Å². The van der Waals surface area contributed by atoms with E-state index in [4.69, 9.17) is 4.98 Å². The third-order valence-corrected chi connectivity index (χ3v) is 7.59. The largest absolute Gasteiger partial charge is 0.349 e. The number of nitrogens with zero attached hydrogens (tertiary/aromatic N) is 2. The molecule has 1 aromatic heterocycles. The van der Waals surface area contributed by atoms with E-state index in [1.807, 2.05) is 79.7 Å². The fourth-order valence-electron chi connectivity index (χ4n) is 5.32. The molecular formula is C34H37N5O2. The molecule has 0 aliphatic heterocycles. The van der Waals surface area contributed by atoms with Gasteiger partial charge in [-0.15, -0.1) is 0 Å². The summed E-state index contributed by atoms with van der Waals surface area (Å²) in [6.07, 6.45) is 6.17. The van der Waals surface area contributed by atoms with E-state index in [9.17, 15) is 9.59 Å². The zero-order chi connectivity index (χ0) is 29.0. The van der Waals surface area contributed by atoms with Gasteiger partial charge in [-0.3, -0.25) is 9.59 Å². The number of anilines is 3. The van der Waals surface area contributed by atoms with Gasteiger partial charge in [0.15, 0.2) is 0 Å². The Kier molecular flexibility index (Phi) is 8.15. The molecule has 4 aromatic rings. The first-order valence-electron chi connectivity index (χ1n) is 14.2. The van der Waals surface area contributed by atoms with Gasteiger partial charge in [0.1, 0.15) is 0 Å². The molecule has 0 radical (unpaired) electrons. The SMILES string of the molecule is Cc1c(NC(=O)c2ccccc2C(C)(C)C)cccc1-c1ccnc(Nc2ccc(C(=O)NC3CCCC3)cc2)n1. The van der Waals surface area contributed by atoms with E-state index < -0.39 is 0 Å². The molecule has 1 saturated carbocycles. The maximum absolute atomic E-state index is 13.3. The van der Waals surface area contributed by atoms with E-state index in [0.29, 0.717) is 17.1 Å². The Hall–Kier alpha value is -4.52. The number of carbonyl (C=O) groups excluding carboxylic acids is 2. The van der Waals surface area contributed by atoms with Gasteiger partial charge in [0.2, 0.25) is 5.95 Å². The van der Waals surface area contributed by atoms with E-state index in [1.165, 1.54) is 12.8 Å². The van der Waals surface area contributed by atoms with Crippen molar-refractivity contribution in [1.29, 1.82) is 0 Å². The minimum Gasteiger partial charge on any atom is -0.349 e. The standard InChI is InChI=1S/C34H37N5O2/c1-22-26(13-9-15-29(22)38-32(41)27-12-7-8-14-28(27)34(2,3)4)30-20-21-35-33(39-30)37-25-18-16-23(17-19-25)31(40)36-24-10-5-6-11-24/h7-9,12-21,24H,5-6,10-11H2,1-4H3,(H,36,40)(H,38,41)(H,35,37,39). The van der Waals surface area contributed by atoms with E-state index in [0.717, 1.165) is 46.6 Å². The maximum Gasteiger partial charge on any atom is 0.255 e. The van der Waals surface area contributed by atoms with Crippen LogP contribution in [0.2, 0.25) is 0 Å². The van der Waals surface area contributed by atoms with E-state index >= 15 is 0 Å². The highest BCUT2D eigenvalue weighted by atomic mass is 16.2. The van der Waals surface area contributed by atoms with Crippen molar-refractivity contribution in [2.45, 2.75) is 64.8 Å². The molecule has 1 heterocycles. The molecule has 0 spiro atoms. The topological polar surface area (TPSA) is 96.0 Å². The van der Waals surface area contributed by atoms with Gasteiger partial charge in [-0.25, -0.2) is 9.97 Å². The maximum atomic E-state index is 13.3. The number of hydrogen-bond acceptors (Lipinski definition) is 5. The molecule has 5 rings (SSSR count). The van der Waals surface area contributed by atoms with Crippen molar-refractivity contribution in [2.24, 2.45) is 0 Å². The van der Waals surface area contributed by atoms with Crippen LogP contribution in [0.5, 0.6) is 0 Å². The molecule has 41 heavy (non-hydrogen) atoms. The van der Waals surface area contributed by atoms with Gasteiger partial charge in [0.05, 0.1) is 5.69 Å². The molecule has 7 nitrogen and oxygen atoms in total. The molecule has 210 valence electrons. The van der Waals surface area contributed by atoms with Crippen LogP contribution in [0.4, 0.5) is 17.3 Å². The number of rotatable bonds is 7. The van der Waals surface area contributed by atoms with Gasteiger partial charge in [-0.2, -0.15) is 0 Å². The quantitative estimate of drug-likeness (QED) is 0.224. The summed E-state index contributed by atoms with van der Waals surface area (Å²) in [5, 5.41) is 9.47. The van der Waals surface area contributed by atoms with E-state index in [-0.39, 0.29) is 23.3 Å². The lowest BCUT2D eigenvalue weighted by Gasteiger charge is -2.22. The molecule has 0 saturated heterocycles. The molecular weight excluding hydrogens is 510 g/mol. The second-order valence-electron chi connectivity index (χ2n) is 11.7. The minimum atomic E-state index is -0.155. The van der Waals surface area contributed by atoms with E-state index in [1.54, 1.807) is 6.20 Å². The number of hydrogen-bond donors (Lipinski definition) is 3. The number of amides is 2. The van der Waals surface area contributed by atoms with Crippen LogP contribution < -0.4 is 16.0 Å². The van der Waals surface area contributed by atoms with Gasteiger partial charge in [0, 0.05) is 40.3 Å². The van der Waals surface area contributed by atoms with Crippen LogP contribution in [0.1, 0.15) is 78.3 Å². The minimum absolute atomic E-state index is 0.0361. The van der Waals surface area contributed by atoms with Crippen molar-refractivity contribution >= 4 is 29.1 Å². The van der Waals surface area contributed by atoms with E-state index in [2.05, 4.69) is 41.7 Å². The number of nitrogens with one attached hydrogen (secondary N) is 3. The third kappa shape index (κ3) is 6.62. The van der Waals surface area contributed by atoms with Gasteiger partial charge in [-0.1, -0.05) is 63.9 Å². The van der Waals surface area contributed by atoms with Crippen LogP contribution in [-0.2, 0) is 5.41 Å². The lowest BCUT2D eigenvalue weighted by molar-refractivity contribution is 0.0937. The fraction of sp³-hybridized carbons (Fsp3) is 0.294. The Morgan fingerprint density at radius 2 is 1.59 bits per heavy atom.